The first-order valence-electron chi connectivity index (χ1n) is 0.144. The summed E-state index contributed by atoms with van der Waals surface area (Å²) in [5, 5.41) is 0. The molecule has 0 atom stereocenters. The first-order chi connectivity index (χ1) is 1.00. The van der Waals surface area contributed by atoms with Gasteiger partial charge >= 0.3 is 24.9 Å². The van der Waals surface area contributed by atoms with Crippen molar-refractivity contribution in [3.05, 3.63) is 0 Å². The van der Waals surface area contributed by atoms with Crippen molar-refractivity contribution in [2.75, 3.05) is 0 Å². The van der Waals surface area contributed by atoms with E-state index in [1.807, 2.05) is 0 Å². The molecule has 0 rings (SSSR count). The van der Waals surface area contributed by atoms with Crippen molar-refractivity contribution >= 4 is 10.6 Å². The molecule has 0 aromatic carbocycles. The van der Waals surface area contributed by atoms with Crippen LogP contribution in [0.15, 0.2) is 0 Å². The van der Waals surface area contributed by atoms with Gasteiger partial charge < -0.3 is 0 Å². The molecule has 0 radical (unpaired) electrons. The fourth-order valence-electron chi connectivity index (χ4n) is 0. The Morgan fingerprint density at radius 1 is 1.25 bits per heavy atom. The van der Waals surface area contributed by atoms with Crippen LogP contribution in [0.25, 0.3) is 0 Å². The van der Waals surface area contributed by atoms with E-state index < -0.39 is 0 Å². The summed E-state index contributed by atoms with van der Waals surface area (Å²) in [6.07, 6.45) is 0. The Balaban J connectivity index is -0.00000000500. The Kier molecular flexibility index (Phi) is 79.8. The van der Waals surface area contributed by atoms with E-state index in [0.29, 0.717) is 0 Å². The van der Waals surface area contributed by atoms with Gasteiger partial charge in [0.2, 0.25) is 0 Å². The summed E-state index contributed by atoms with van der Waals surface area (Å²) in [5.74, 6) is 0. The zero-order valence-corrected chi connectivity index (χ0v) is 8.44. The van der Waals surface area contributed by atoms with E-state index in [2.05, 4.69) is 24.9 Å². The first-order valence-corrected chi connectivity index (χ1v) is 1.79. The van der Waals surface area contributed by atoms with Gasteiger partial charge in [-0.25, -0.2) is 0 Å². The molecule has 0 spiro atoms. The van der Waals surface area contributed by atoms with Gasteiger partial charge in [-0.3, -0.25) is 0 Å². The van der Waals surface area contributed by atoms with Crippen LogP contribution in [0.5, 0.6) is 0 Å². The van der Waals surface area contributed by atoms with Gasteiger partial charge in [0.25, 0.3) is 0 Å². The topological polar surface area (TPSA) is 0 Å². The fraction of sp³-hybridized carbons (Fsp3) is 0. The molecular formula is FeMoSW. The zero-order valence-electron chi connectivity index (χ0n) is 1.58. The van der Waals surface area contributed by atoms with Crippen LogP contribution in [0.3, 0.4) is 0 Å². The van der Waals surface area contributed by atoms with E-state index in [1.54, 1.807) is 0 Å². The fourth-order valence-corrected chi connectivity index (χ4v) is 0. The molecule has 0 bridgehead atoms. The zero-order chi connectivity index (χ0) is 2.00. The minimum atomic E-state index is 0. The summed E-state index contributed by atoms with van der Waals surface area (Å²) >= 11 is 2.83. The average molecular weight is 368 g/mol. The van der Waals surface area contributed by atoms with E-state index >= 15 is 0 Å². The van der Waals surface area contributed by atoms with Gasteiger partial charge in [0.05, 0.1) is 0 Å². The molecule has 0 heterocycles. The quantitative estimate of drug-likeness (QED) is 0.566. The van der Waals surface area contributed by atoms with Crippen molar-refractivity contribution < 1.29 is 56.5 Å². The van der Waals surface area contributed by atoms with Gasteiger partial charge in [0, 0.05) is 42.1 Å². The molecule has 0 saturated heterocycles. The second-order valence-corrected chi connectivity index (χ2v) is 0. The predicted molar refractivity (Wildman–Crippen MR) is 7.59 cm³/mol. The molecule has 4 heavy (non-hydrogen) atoms. The van der Waals surface area contributed by atoms with Crippen LogP contribution in [0.4, 0.5) is 0 Å². The van der Waals surface area contributed by atoms with Crippen molar-refractivity contribution in [1.29, 1.82) is 0 Å². The number of rotatable bonds is 0. The van der Waals surface area contributed by atoms with E-state index in [-0.39, 0.29) is 42.1 Å². The minimum Gasteiger partial charge on any atom is 0 e. The molecule has 0 N–H and O–H groups in total. The Bertz CT molecular complexity index is 8.00. The van der Waals surface area contributed by atoms with Gasteiger partial charge in [-0.05, 0) is 0 Å². The Hall–Kier alpha value is 2.12. The third-order valence-corrected chi connectivity index (χ3v) is 0. The Morgan fingerprint density at radius 2 is 1.25 bits per heavy atom. The summed E-state index contributed by atoms with van der Waals surface area (Å²) in [5.41, 5.74) is 0. The van der Waals surface area contributed by atoms with Crippen LogP contribution in [-0.2, 0) is 56.5 Å². The maximum Gasteiger partial charge on any atom is 0 e. The normalized spacial score (nSPS) is 1.25. The summed E-state index contributed by atoms with van der Waals surface area (Å²) < 4.78 is 0. The molecule has 0 aliphatic rings. The molecule has 0 aliphatic carbocycles. The minimum absolute atomic E-state index is 0. The molecule has 0 unspecified atom stereocenters. The predicted octanol–water partition coefficient (Wildman–Crippen LogP) is 0.641. The van der Waals surface area contributed by atoms with E-state index in [4.69, 9.17) is 0 Å². The van der Waals surface area contributed by atoms with Crippen molar-refractivity contribution in [1.82, 2.24) is 0 Å². The second kappa shape index (κ2) is 19.4. The molecule has 0 amide bonds. The Labute approximate surface area is 66.3 Å². The van der Waals surface area contributed by atoms with Crippen LogP contribution >= 0.6 is 10.6 Å². The van der Waals surface area contributed by atoms with Crippen LogP contribution in [0.2, 0.25) is 0 Å². The first kappa shape index (κ1) is 16.5. The monoisotopic (exact) mass is 370 g/mol. The maximum atomic E-state index is 3.83. The van der Waals surface area contributed by atoms with Crippen LogP contribution < -0.4 is 0 Å². The summed E-state index contributed by atoms with van der Waals surface area (Å²) in [6, 6.07) is 0. The second-order valence-electron chi connectivity index (χ2n) is 0. The van der Waals surface area contributed by atoms with Crippen LogP contribution in [0, 0.1) is 0 Å². The smallest absolute Gasteiger partial charge is 0 e. The van der Waals surface area contributed by atoms with E-state index in [1.165, 1.54) is 0 Å². The molecule has 0 saturated carbocycles. The SMILES string of the molecule is [Mo].[S]=[Fe].[W]. The number of hydrogen-bond donors (Lipinski definition) is 0. The molecular weight excluding hydrogens is 368 g/mol. The summed E-state index contributed by atoms with van der Waals surface area (Å²) in [6.45, 7) is 0. The van der Waals surface area contributed by atoms with Gasteiger partial charge in [-0.15, -0.1) is 0 Å². The van der Waals surface area contributed by atoms with E-state index in [0.717, 1.165) is 0 Å². The summed E-state index contributed by atoms with van der Waals surface area (Å²) in [4.78, 5) is 0. The van der Waals surface area contributed by atoms with Crippen LogP contribution in [0.1, 0.15) is 0 Å². The van der Waals surface area contributed by atoms with Gasteiger partial charge in [-0.2, -0.15) is 0 Å². The molecule has 0 aromatic heterocycles. The summed E-state index contributed by atoms with van der Waals surface area (Å²) in [7, 11) is 3.83. The van der Waals surface area contributed by atoms with Crippen molar-refractivity contribution in [3.8, 4) is 0 Å². The maximum absolute atomic E-state index is 3.83. The molecule has 0 nitrogen and oxygen atoms in total. The molecule has 26 valence electrons. The standard InChI is InChI=1S/Fe.Mo.S.W. The largest absolute Gasteiger partial charge is 0 e. The van der Waals surface area contributed by atoms with E-state index in [9.17, 15) is 0 Å². The van der Waals surface area contributed by atoms with Gasteiger partial charge in [0.1, 0.15) is 0 Å². The molecule has 0 aromatic rings. The van der Waals surface area contributed by atoms with Crippen molar-refractivity contribution in [3.63, 3.8) is 0 Å². The van der Waals surface area contributed by atoms with Crippen molar-refractivity contribution in [2.45, 2.75) is 0 Å². The third kappa shape index (κ3) is 8.93. The van der Waals surface area contributed by atoms with Crippen LogP contribution in [-0.4, -0.2) is 0 Å². The molecule has 0 fully saturated rings. The van der Waals surface area contributed by atoms with Gasteiger partial charge in [0.15, 0.2) is 0 Å². The molecule has 0 aliphatic heterocycles. The number of hydrogen-bond acceptors (Lipinski definition) is 1. The van der Waals surface area contributed by atoms with Gasteiger partial charge in [-0.1, -0.05) is 0 Å². The molecule has 4 heteroatoms. The average Bonchev–Trinajstić information content (AvgIpc) is 1.00. The van der Waals surface area contributed by atoms with Crippen molar-refractivity contribution in [2.24, 2.45) is 0 Å². The Morgan fingerprint density at radius 3 is 1.25 bits per heavy atom. The third-order valence-electron chi connectivity index (χ3n) is 0.